The largest absolute Gasteiger partial charge is 0.387 e. The molecule has 23 heteroatoms. The Morgan fingerprint density at radius 2 is 2.02 bits per heavy atom. The Kier molecular flexibility index (Phi) is 7.88. The number of rotatable bonds is 2. The Bertz CT molecular complexity index is 1730. The number of thiazole rings is 1. The summed E-state index contributed by atoms with van der Waals surface area (Å²) >= 11 is 9.42. The van der Waals surface area contributed by atoms with Gasteiger partial charge in [0.1, 0.15) is 24.9 Å². The lowest BCUT2D eigenvalue weighted by molar-refractivity contribution is -0.0465. The second-order valence-corrected chi connectivity index (χ2v) is 15.4. The van der Waals surface area contributed by atoms with Crippen molar-refractivity contribution in [2.45, 2.75) is 37.7 Å². The number of anilines is 1. The minimum Gasteiger partial charge on any atom is -0.387 e. The normalized spacial score (nSPS) is 31.5. The van der Waals surface area contributed by atoms with Gasteiger partial charge in [0.05, 0.1) is 36.5 Å². The Balaban J connectivity index is 1.35. The fourth-order valence-electron chi connectivity index (χ4n) is 4.18. The molecule has 0 amide bonds. The zero-order valence-corrected chi connectivity index (χ0v) is 24.9. The first-order valence-electron chi connectivity index (χ1n) is 11.7. The smallest absolute Gasteiger partial charge is 0.387 e. The van der Waals surface area contributed by atoms with Crippen LogP contribution in [0.5, 0.6) is 0 Å². The lowest BCUT2D eigenvalue weighted by atomic mass is 10.1. The van der Waals surface area contributed by atoms with Crippen molar-refractivity contribution in [2.24, 2.45) is 0 Å². The van der Waals surface area contributed by atoms with Gasteiger partial charge in [-0.3, -0.25) is 37.4 Å². The highest BCUT2D eigenvalue weighted by Gasteiger charge is 2.50. The van der Waals surface area contributed by atoms with Crippen molar-refractivity contribution in [3.63, 3.8) is 0 Å². The molecule has 0 radical (unpaired) electrons. The molecule has 2 unspecified atom stereocenters. The highest BCUT2D eigenvalue weighted by Crippen LogP contribution is 2.58. The number of nitrogens with two attached hydrogens (primary N) is 1. The number of aromatic nitrogens is 8. The molecular weight excluding hydrogens is 644 g/mol. The number of fused-ring (bicyclic) bond motifs is 4. The van der Waals surface area contributed by atoms with Crippen LogP contribution in [0.4, 0.5) is 5.95 Å². The van der Waals surface area contributed by atoms with E-state index in [9.17, 15) is 19.0 Å². The Morgan fingerprint density at radius 3 is 2.80 bits per heavy atom. The quantitative estimate of drug-likeness (QED) is 0.150. The minimum absolute atomic E-state index is 0.00478. The van der Waals surface area contributed by atoms with Gasteiger partial charge in [-0.05, 0) is 0 Å². The van der Waals surface area contributed by atoms with E-state index in [4.69, 9.17) is 28.6 Å². The summed E-state index contributed by atoms with van der Waals surface area (Å²) in [6, 6.07) is 0. The zero-order valence-electron chi connectivity index (χ0n) is 20.5. The van der Waals surface area contributed by atoms with Crippen molar-refractivity contribution in [3.05, 3.63) is 34.2 Å². The van der Waals surface area contributed by atoms with Gasteiger partial charge in [0.2, 0.25) is 5.95 Å². The molecule has 2 aliphatic rings. The van der Waals surface area contributed by atoms with Gasteiger partial charge in [0.25, 0.3) is 5.56 Å². The lowest BCUT2D eigenvalue weighted by Gasteiger charge is -2.24. The molecule has 18 nitrogen and oxygen atoms in total. The molecule has 41 heavy (non-hydrogen) atoms. The van der Waals surface area contributed by atoms with Crippen molar-refractivity contribution in [2.75, 3.05) is 18.9 Å². The summed E-state index contributed by atoms with van der Waals surface area (Å²) in [6.07, 6.45) is -2.64. The molecule has 6 atom stereocenters. The van der Waals surface area contributed by atoms with Gasteiger partial charge in [-0.15, -0.1) is 16.4 Å². The zero-order chi connectivity index (χ0) is 28.9. The predicted molar refractivity (Wildman–Crippen MR) is 148 cm³/mol. The maximum Gasteiger partial charge on any atom is 0.387 e. The summed E-state index contributed by atoms with van der Waals surface area (Å²) in [7, 11) is 0. The molecule has 6 rings (SSSR count). The van der Waals surface area contributed by atoms with E-state index in [1.807, 2.05) is 0 Å². The van der Waals surface area contributed by atoms with Crippen LogP contribution in [0.3, 0.4) is 0 Å². The SMILES string of the molecule is Nc1nc2c(ncn2[C@@H]2O[C@@H]3COP(=O)(S)OCCn4nc(-c5cncs5)nc4COP(=O)(S)O[C@@H]2[C@@H]3O)c(=O)[nH]1. The maximum absolute atomic E-state index is 13.4. The Labute approximate surface area is 243 Å². The molecule has 1 saturated heterocycles. The summed E-state index contributed by atoms with van der Waals surface area (Å²) in [5.41, 5.74) is 6.62. The molecule has 4 aromatic rings. The van der Waals surface area contributed by atoms with Crippen molar-refractivity contribution in [1.29, 1.82) is 0 Å². The number of H-pyrrole nitrogens is 1. The van der Waals surface area contributed by atoms with Crippen LogP contribution in [-0.4, -0.2) is 75.9 Å². The van der Waals surface area contributed by atoms with Gasteiger partial charge in [0.15, 0.2) is 29.0 Å². The van der Waals surface area contributed by atoms with Gasteiger partial charge in [0, 0.05) is 6.20 Å². The fourth-order valence-corrected chi connectivity index (χ4v) is 7.28. The molecule has 2 bridgehead atoms. The molecule has 1 fully saturated rings. The van der Waals surface area contributed by atoms with Crippen LogP contribution in [-0.2, 0) is 45.1 Å². The third kappa shape index (κ3) is 6.02. The van der Waals surface area contributed by atoms with E-state index in [-0.39, 0.29) is 42.7 Å². The number of nitrogens with one attached hydrogen (secondary N) is 1. The van der Waals surface area contributed by atoms with E-state index in [0.717, 1.165) is 0 Å². The van der Waals surface area contributed by atoms with Crippen molar-refractivity contribution in [1.82, 2.24) is 39.3 Å². The van der Waals surface area contributed by atoms with Crippen molar-refractivity contribution >= 4 is 66.5 Å². The predicted octanol–water partition coefficient (Wildman–Crippen LogP) is 1.40. The number of aliphatic hydroxyl groups is 1. The van der Waals surface area contributed by atoms with Gasteiger partial charge >= 0.3 is 13.6 Å². The highest BCUT2D eigenvalue weighted by atomic mass is 32.7. The van der Waals surface area contributed by atoms with E-state index >= 15 is 0 Å². The summed E-state index contributed by atoms with van der Waals surface area (Å²) in [5.74, 6) is 0.341. The summed E-state index contributed by atoms with van der Waals surface area (Å²) < 4.78 is 56.9. The van der Waals surface area contributed by atoms with E-state index < -0.39 is 50.3 Å². The number of aliphatic hydroxyl groups excluding tert-OH is 1. The fraction of sp³-hybridized carbons (Fsp3) is 0.444. The van der Waals surface area contributed by atoms with Crippen LogP contribution in [0.1, 0.15) is 12.1 Å². The lowest BCUT2D eigenvalue weighted by Crippen LogP contribution is -2.35. The summed E-state index contributed by atoms with van der Waals surface area (Å²) in [6.45, 7) is -9.12. The number of thiol groups is 2. The molecule has 220 valence electrons. The molecule has 0 aliphatic carbocycles. The Hall–Kier alpha value is -2.16. The molecule has 4 aromatic heterocycles. The van der Waals surface area contributed by atoms with E-state index in [1.165, 1.54) is 26.9 Å². The van der Waals surface area contributed by atoms with Crippen LogP contribution in [0.2, 0.25) is 0 Å². The highest BCUT2D eigenvalue weighted by molar-refractivity contribution is 8.44. The monoisotopic (exact) mass is 665 g/mol. The standard InChI is InChI=1S/C18H21N9O9P2S3/c19-18-23-15-11(16(29)24-18)21-6-26(15)17-13-12(28)8(35-17)4-33-37(30,39)32-2-1-27-10(5-34-38(31,40)36-13)22-14(25-27)9-3-20-7-41-9/h3,6-8,12-13,17,28H,1-2,4-5H2,(H,30,39)(H,31,40)(H3,19,23,24,29)/t8-,12-,13-,17-,37?,38?/m1/s1. The average molecular weight is 666 g/mol. The number of hydrogen-bond donors (Lipinski definition) is 5. The second kappa shape index (κ2) is 11.2. The first-order chi connectivity index (χ1) is 19.5. The van der Waals surface area contributed by atoms with Crippen LogP contribution >= 0.6 is 49.4 Å². The van der Waals surface area contributed by atoms with Crippen LogP contribution in [0.25, 0.3) is 21.9 Å². The first kappa shape index (κ1) is 28.9. The summed E-state index contributed by atoms with van der Waals surface area (Å²) in [5, 5.41) is 15.5. The van der Waals surface area contributed by atoms with Crippen molar-refractivity contribution in [3.8, 4) is 10.7 Å². The molecule has 6 heterocycles. The van der Waals surface area contributed by atoms with Crippen LogP contribution in [0, 0.1) is 0 Å². The number of aromatic amines is 1. The van der Waals surface area contributed by atoms with Gasteiger partial charge < -0.3 is 15.6 Å². The molecule has 0 aromatic carbocycles. The van der Waals surface area contributed by atoms with E-state index in [2.05, 4.69) is 54.5 Å². The third-order valence-corrected chi connectivity index (χ3v) is 10.1. The van der Waals surface area contributed by atoms with E-state index in [1.54, 1.807) is 11.7 Å². The molecule has 0 spiro atoms. The number of nitrogen functional groups attached to an aromatic ring is 1. The third-order valence-electron chi connectivity index (χ3n) is 6.01. The maximum atomic E-state index is 13.4. The van der Waals surface area contributed by atoms with Gasteiger partial charge in [-0.1, -0.05) is 24.5 Å². The van der Waals surface area contributed by atoms with Crippen LogP contribution < -0.4 is 11.3 Å². The van der Waals surface area contributed by atoms with Crippen LogP contribution in [0.15, 0.2) is 22.8 Å². The minimum atomic E-state index is -4.23. The number of hydrogen-bond acceptors (Lipinski definition) is 16. The number of imidazole rings is 1. The van der Waals surface area contributed by atoms with Gasteiger partial charge in [-0.2, -0.15) is 4.98 Å². The average Bonchev–Trinajstić information content (AvgIpc) is 3.69. The van der Waals surface area contributed by atoms with Crippen molar-refractivity contribution < 1.29 is 37.1 Å². The number of nitrogens with zero attached hydrogens (tertiary/aromatic N) is 7. The first-order valence-corrected chi connectivity index (χ1v) is 17.9. The second-order valence-electron chi connectivity index (χ2n) is 8.68. The number of ether oxygens (including phenoxy) is 1. The molecule has 4 N–H and O–H groups in total. The summed E-state index contributed by atoms with van der Waals surface area (Å²) in [4.78, 5) is 31.9. The topological polar surface area (TPSA) is 234 Å². The Morgan fingerprint density at radius 1 is 1.20 bits per heavy atom. The molecule has 0 saturated carbocycles. The van der Waals surface area contributed by atoms with E-state index in [0.29, 0.717) is 10.7 Å². The molecular formula is C18H21N9O9P2S3. The molecule has 2 aliphatic heterocycles. The van der Waals surface area contributed by atoms with Gasteiger partial charge in [-0.25, -0.2) is 23.8 Å².